The van der Waals surface area contributed by atoms with Crippen LogP contribution >= 0.6 is 0 Å². The number of hydrogen-bond acceptors (Lipinski definition) is 3. The molecule has 0 aliphatic carbocycles. The predicted molar refractivity (Wildman–Crippen MR) is 364 cm³/mol. The summed E-state index contributed by atoms with van der Waals surface area (Å²) in [5.41, 5.74) is 0. The van der Waals surface area contributed by atoms with Gasteiger partial charge < -0.3 is 15.5 Å². The summed E-state index contributed by atoms with van der Waals surface area (Å²) in [5, 5.41) is 23.4. The smallest absolute Gasteiger partial charge is 0.220 e. The van der Waals surface area contributed by atoms with Gasteiger partial charge in [0.05, 0.1) is 18.8 Å². The number of aliphatic hydroxyl groups is 2. The number of nitrogens with one attached hydrogen (secondary N) is 1. The Hall–Kier alpha value is -0.870. The summed E-state index contributed by atoms with van der Waals surface area (Å²) in [7, 11) is 0. The van der Waals surface area contributed by atoms with Crippen molar-refractivity contribution < 1.29 is 15.0 Å². The molecule has 0 spiro atoms. The summed E-state index contributed by atoms with van der Waals surface area (Å²) in [4.78, 5) is 12.6. The average molecular weight is 1140 g/mol. The Kier molecular flexibility index (Phi) is 72.6. The van der Waals surface area contributed by atoms with Gasteiger partial charge in [-0.25, -0.2) is 0 Å². The highest BCUT2D eigenvalue weighted by Crippen LogP contribution is 2.20. The van der Waals surface area contributed by atoms with Crippen molar-refractivity contribution in [2.45, 2.75) is 469 Å². The first-order chi connectivity index (χ1) is 40.2. The maximum absolute atomic E-state index is 12.6. The number of allylic oxidation sites excluding steroid dienone is 1. The molecule has 0 saturated carbocycles. The van der Waals surface area contributed by atoms with E-state index < -0.39 is 12.1 Å². The predicted octanol–water partition coefficient (Wildman–Crippen LogP) is 26.3. The Morgan fingerprint density at radius 3 is 0.642 bits per heavy atom. The zero-order valence-electron chi connectivity index (χ0n) is 56.1. The van der Waals surface area contributed by atoms with Crippen molar-refractivity contribution in [3.63, 3.8) is 0 Å². The Balaban J connectivity index is 3.37. The average Bonchev–Trinajstić information content (AvgIpc) is 3.47. The van der Waals surface area contributed by atoms with Gasteiger partial charge in [-0.05, 0) is 19.3 Å². The third-order valence-corrected chi connectivity index (χ3v) is 18.5. The van der Waals surface area contributed by atoms with Crippen LogP contribution in [0.15, 0.2) is 12.2 Å². The Bertz CT molecular complexity index is 1160. The molecule has 2 atom stereocenters. The molecule has 4 nitrogen and oxygen atoms in total. The lowest BCUT2D eigenvalue weighted by atomic mass is 10.0. The largest absolute Gasteiger partial charge is 0.394 e. The standard InChI is InChI=1S/C77H153NO3/c1-3-5-7-9-11-13-15-17-19-21-23-25-27-29-31-33-35-37-38-39-41-43-45-47-49-51-53-55-57-59-61-63-65-67-69-71-73-77(81)78-75(74-79)76(80)72-70-68-66-64-62-60-58-56-54-52-50-48-46-44-42-40-36-34-32-30-28-26-24-22-20-18-16-14-12-10-8-6-4-2/h70,72,75-76,79-80H,3-69,71,73-74H2,1-2H3,(H,78,81)/b72-70+. The molecule has 0 aromatic carbocycles. The van der Waals surface area contributed by atoms with Crippen molar-refractivity contribution >= 4 is 5.91 Å². The van der Waals surface area contributed by atoms with Crippen LogP contribution in [0.1, 0.15) is 457 Å². The molecule has 0 fully saturated rings. The number of hydrogen-bond donors (Lipinski definition) is 3. The summed E-state index contributed by atoms with van der Waals surface area (Å²) in [6.07, 6.45) is 99.2. The summed E-state index contributed by atoms with van der Waals surface area (Å²) in [5.74, 6) is -0.0520. The number of rotatable bonds is 73. The van der Waals surface area contributed by atoms with Crippen LogP contribution in [0.5, 0.6) is 0 Å². The van der Waals surface area contributed by atoms with Crippen LogP contribution < -0.4 is 5.32 Å². The quantitative estimate of drug-likeness (QED) is 0.0420. The molecule has 0 heterocycles. The van der Waals surface area contributed by atoms with Crippen molar-refractivity contribution in [3.8, 4) is 0 Å². The molecule has 2 unspecified atom stereocenters. The second-order valence-electron chi connectivity index (χ2n) is 26.8. The van der Waals surface area contributed by atoms with Gasteiger partial charge in [0.25, 0.3) is 0 Å². The van der Waals surface area contributed by atoms with E-state index in [9.17, 15) is 15.0 Å². The van der Waals surface area contributed by atoms with Crippen LogP contribution in [0.25, 0.3) is 0 Å². The number of carbonyl (C=O) groups is 1. The molecule has 0 bridgehead atoms. The van der Waals surface area contributed by atoms with E-state index >= 15 is 0 Å². The van der Waals surface area contributed by atoms with Gasteiger partial charge in [0.1, 0.15) is 0 Å². The normalized spacial score (nSPS) is 12.6. The molecule has 4 heteroatoms. The molecular weight excluding hydrogens is 987 g/mol. The minimum absolute atomic E-state index is 0.0520. The van der Waals surface area contributed by atoms with E-state index in [1.54, 1.807) is 6.08 Å². The fourth-order valence-corrected chi connectivity index (χ4v) is 12.7. The van der Waals surface area contributed by atoms with Crippen LogP contribution in [0.4, 0.5) is 0 Å². The number of amides is 1. The lowest BCUT2D eigenvalue weighted by Crippen LogP contribution is -2.45. The van der Waals surface area contributed by atoms with Gasteiger partial charge >= 0.3 is 0 Å². The summed E-state index contributed by atoms with van der Waals surface area (Å²) in [6.45, 7) is 4.37. The zero-order chi connectivity index (χ0) is 58.4. The lowest BCUT2D eigenvalue weighted by Gasteiger charge is -2.20. The maximum Gasteiger partial charge on any atom is 0.220 e. The monoisotopic (exact) mass is 1140 g/mol. The topological polar surface area (TPSA) is 69.6 Å². The summed E-state index contributed by atoms with van der Waals surface area (Å²) < 4.78 is 0. The van der Waals surface area contributed by atoms with Crippen LogP contribution in [0.3, 0.4) is 0 Å². The van der Waals surface area contributed by atoms with E-state index in [0.717, 1.165) is 25.7 Å². The van der Waals surface area contributed by atoms with Crippen molar-refractivity contribution in [3.05, 3.63) is 12.2 Å². The molecule has 0 aliphatic rings. The van der Waals surface area contributed by atoms with Crippen LogP contribution in [0, 0.1) is 0 Å². The van der Waals surface area contributed by atoms with Gasteiger partial charge in [0.15, 0.2) is 0 Å². The zero-order valence-corrected chi connectivity index (χ0v) is 56.1. The first kappa shape index (κ1) is 80.1. The first-order valence-electron chi connectivity index (χ1n) is 38.4. The number of carbonyl (C=O) groups excluding carboxylic acids is 1. The highest BCUT2D eigenvalue weighted by Gasteiger charge is 2.18. The fourth-order valence-electron chi connectivity index (χ4n) is 12.7. The highest BCUT2D eigenvalue weighted by molar-refractivity contribution is 5.76. The van der Waals surface area contributed by atoms with E-state index in [2.05, 4.69) is 19.2 Å². The van der Waals surface area contributed by atoms with Gasteiger partial charge in [0, 0.05) is 6.42 Å². The molecule has 0 saturated heterocycles. The maximum atomic E-state index is 12.6. The second-order valence-corrected chi connectivity index (χ2v) is 26.8. The Labute approximate surface area is 511 Å². The second kappa shape index (κ2) is 73.4. The van der Waals surface area contributed by atoms with Crippen LogP contribution in [0.2, 0.25) is 0 Å². The van der Waals surface area contributed by atoms with Gasteiger partial charge in [-0.15, -0.1) is 0 Å². The summed E-state index contributed by atoms with van der Waals surface area (Å²) in [6, 6.07) is -0.620. The van der Waals surface area contributed by atoms with Gasteiger partial charge in [-0.2, -0.15) is 0 Å². The molecule has 0 rings (SSSR count). The highest BCUT2D eigenvalue weighted by atomic mass is 16.3. The molecular formula is C77H153NO3. The Morgan fingerprint density at radius 2 is 0.457 bits per heavy atom. The molecule has 0 aliphatic heterocycles. The molecule has 0 aromatic rings. The Morgan fingerprint density at radius 1 is 0.284 bits per heavy atom. The number of unbranched alkanes of at least 4 members (excludes halogenated alkanes) is 66. The van der Waals surface area contributed by atoms with Crippen LogP contribution in [-0.4, -0.2) is 34.9 Å². The van der Waals surface area contributed by atoms with Crippen molar-refractivity contribution in [1.82, 2.24) is 5.32 Å². The van der Waals surface area contributed by atoms with E-state index in [1.807, 2.05) is 6.08 Å². The molecule has 0 aromatic heterocycles. The minimum atomic E-state index is -0.838. The molecule has 0 radical (unpaired) electrons. The third kappa shape index (κ3) is 69.8. The lowest BCUT2D eigenvalue weighted by molar-refractivity contribution is -0.123. The van der Waals surface area contributed by atoms with Gasteiger partial charge in [-0.1, -0.05) is 443 Å². The first-order valence-corrected chi connectivity index (χ1v) is 38.4. The molecule has 3 N–H and O–H groups in total. The van der Waals surface area contributed by atoms with Crippen LogP contribution in [-0.2, 0) is 4.79 Å². The third-order valence-electron chi connectivity index (χ3n) is 18.5. The van der Waals surface area contributed by atoms with E-state index in [-0.39, 0.29) is 12.5 Å². The molecule has 484 valence electrons. The fraction of sp³-hybridized carbons (Fsp3) is 0.961. The van der Waals surface area contributed by atoms with Gasteiger partial charge in [0.2, 0.25) is 5.91 Å². The molecule has 81 heavy (non-hydrogen) atoms. The van der Waals surface area contributed by atoms with Crippen molar-refractivity contribution in [2.75, 3.05) is 6.61 Å². The van der Waals surface area contributed by atoms with E-state index in [4.69, 9.17) is 0 Å². The van der Waals surface area contributed by atoms with E-state index in [1.165, 1.54) is 411 Å². The molecule has 1 amide bonds. The minimum Gasteiger partial charge on any atom is -0.394 e. The SMILES string of the molecule is CCCCCCCCCCCCCCCCCCCCCCCCCCCCCCCCC/C=C/C(O)C(CO)NC(=O)CCCCCCCCCCCCCCCCCCCCCCCCCCCCCCCCCCCCCC. The van der Waals surface area contributed by atoms with E-state index in [0.29, 0.717) is 6.42 Å². The van der Waals surface area contributed by atoms with Gasteiger partial charge in [-0.3, -0.25) is 4.79 Å². The summed E-state index contributed by atoms with van der Waals surface area (Å²) >= 11 is 0. The number of aliphatic hydroxyl groups excluding tert-OH is 2. The van der Waals surface area contributed by atoms with Crippen molar-refractivity contribution in [2.24, 2.45) is 0 Å². The van der Waals surface area contributed by atoms with Crippen molar-refractivity contribution in [1.29, 1.82) is 0 Å².